The van der Waals surface area contributed by atoms with Gasteiger partial charge < -0.3 is 0 Å². The number of allylic oxidation sites excluding steroid dienone is 6. The molecule has 2 aromatic carbocycles. The van der Waals surface area contributed by atoms with E-state index in [1.165, 1.54) is 86.5 Å². The minimum atomic E-state index is 0.134. The lowest BCUT2D eigenvalue weighted by Crippen LogP contribution is -2.47. The zero-order valence-electron chi connectivity index (χ0n) is 32.0. The molecule has 0 radical (unpaired) electrons. The van der Waals surface area contributed by atoms with Gasteiger partial charge in [-0.1, -0.05) is 121 Å². The van der Waals surface area contributed by atoms with Crippen LogP contribution in [-0.4, -0.2) is 0 Å². The second-order valence-electron chi connectivity index (χ2n) is 21.5. The number of hydrogen-bond acceptors (Lipinski definition) is 0. The number of benzene rings is 2. The average Bonchev–Trinajstić information content (AvgIpc) is 3.85. The predicted molar refractivity (Wildman–Crippen MR) is 206 cm³/mol. The summed E-state index contributed by atoms with van der Waals surface area (Å²) in [6.07, 6.45) is 22.8. The van der Waals surface area contributed by atoms with Crippen LogP contribution in [0, 0.1) is 58.2 Å². The van der Waals surface area contributed by atoms with Crippen molar-refractivity contribution in [2.45, 2.75) is 136 Å². The molecule has 6 bridgehead atoms. The molecule has 0 aromatic heterocycles. The van der Waals surface area contributed by atoms with Gasteiger partial charge in [0.25, 0.3) is 0 Å². The molecule has 49 heavy (non-hydrogen) atoms. The quantitative estimate of drug-likeness (QED) is 0.289. The molecule has 0 heterocycles. The van der Waals surface area contributed by atoms with Crippen LogP contribution >= 0.6 is 0 Å². The Labute approximate surface area is 298 Å². The molecule has 0 saturated heterocycles. The molecule has 0 N–H and O–H groups in total. The van der Waals surface area contributed by atoms with Crippen molar-refractivity contribution in [3.63, 3.8) is 0 Å². The van der Waals surface area contributed by atoms with Crippen LogP contribution in [0.5, 0.6) is 0 Å². The number of fused-ring (bicyclic) bond motifs is 5. The molecule has 0 amide bonds. The van der Waals surface area contributed by atoms with Crippen molar-refractivity contribution in [2.75, 3.05) is 0 Å². The highest BCUT2D eigenvalue weighted by Crippen LogP contribution is 2.72. The topological polar surface area (TPSA) is 0 Å². The molecular weight excluding hydrogens is 589 g/mol. The molecule has 2 aromatic rings. The van der Waals surface area contributed by atoms with Gasteiger partial charge in [-0.25, -0.2) is 0 Å². The number of rotatable bonds is 4. The smallest absolute Gasteiger partial charge is 0.0201 e. The third kappa shape index (κ3) is 4.40. The van der Waals surface area contributed by atoms with E-state index < -0.39 is 0 Å². The fraction of sp³-hybridized carbons (Fsp3) is 0.633. The van der Waals surface area contributed by atoms with Gasteiger partial charge in [-0.15, -0.1) is 0 Å². The Kier molecular flexibility index (Phi) is 6.51. The van der Waals surface area contributed by atoms with Gasteiger partial charge in [0.05, 0.1) is 0 Å². The third-order valence-corrected chi connectivity index (χ3v) is 16.4. The van der Waals surface area contributed by atoms with Gasteiger partial charge in [0, 0.05) is 11.3 Å². The Balaban J connectivity index is 1.16. The van der Waals surface area contributed by atoms with E-state index in [4.69, 9.17) is 0 Å². The van der Waals surface area contributed by atoms with Gasteiger partial charge in [0.2, 0.25) is 0 Å². The molecule has 0 aliphatic heterocycles. The van der Waals surface area contributed by atoms with E-state index in [0.717, 1.165) is 41.4 Å². The van der Waals surface area contributed by atoms with E-state index in [0.29, 0.717) is 17.3 Å². The Morgan fingerprint density at radius 3 is 1.71 bits per heavy atom. The third-order valence-electron chi connectivity index (χ3n) is 16.4. The van der Waals surface area contributed by atoms with Crippen molar-refractivity contribution in [1.29, 1.82) is 0 Å². The lowest BCUT2D eigenvalue weighted by Gasteiger charge is -2.58. The molecule has 9 aliphatic rings. The average molecular weight is 651 g/mol. The summed E-state index contributed by atoms with van der Waals surface area (Å²) in [5.41, 5.74) is 15.9. The van der Waals surface area contributed by atoms with E-state index in [1.807, 2.05) is 16.7 Å². The molecule has 9 aliphatic carbocycles. The van der Waals surface area contributed by atoms with Crippen molar-refractivity contribution in [1.82, 2.24) is 0 Å². The van der Waals surface area contributed by atoms with Gasteiger partial charge in [-0.3, -0.25) is 0 Å². The summed E-state index contributed by atoms with van der Waals surface area (Å²) >= 11 is 0. The zero-order chi connectivity index (χ0) is 33.8. The summed E-state index contributed by atoms with van der Waals surface area (Å²) in [6, 6.07) is 15.4. The Bertz CT molecular complexity index is 1720. The summed E-state index contributed by atoms with van der Waals surface area (Å²) in [7, 11) is 0. The van der Waals surface area contributed by atoms with Crippen LogP contribution in [0.25, 0.3) is 11.1 Å². The predicted octanol–water partition coefficient (Wildman–Crippen LogP) is 13.1. The highest BCUT2D eigenvalue weighted by atomic mass is 14.6. The van der Waals surface area contributed by atoms with E-state index in [9.17, 15) is 0 Å². The first-order valence-corrected chi connectivity index (χ1v) is 20.7. The van der Waals surface area contributed by atoms with Gasteiger partial charge in [0.1, 0.15) is 0 Å². The minimum Gasteiger partial charge on any atom is -0.0851 e. The van der Waals surface area contributed by atoms with Crippen molar-refractivity contribution >= 4 is 0 Å². The Morgan fingerprint density at radius 1 is 0.673 bits per heavy atom. The van der Waals surface area contributed by atoms with Crippen LogP contribution in [0.1, 0.15) is 148 Å². The first-order valence-electron chi connectivity index (χ1n) is 20.7. The van der Waals surface area contributed by atoms with E-state index in [-0.39, 0.29) is 16.2 Å². The van der Waals surface area contributed by atoms with E-state index in [1.54, 1.807) is 11.1 Å². The van der Waals surface area contributed by atoms with Crippen LogP contribution in [0.2, 0.25) is 0 Å². The SMILES string of the molecule is CC(C)C1(C2c3ccc(C(C)(C)C)cc3-c3cc(C(C)(C)C)ccc32)CC(C2CC3C=CC2C3)C2=C1C=C(C13CC4CC(CC(C4)C1)C3)C2. The van der Waals surface area contributed by atoms with Crippen LogP contribution in [-0.2, 0) is 10.8 Å². The normalized spacial score (nSPS) is 38.6. The van der Waals surface area contributed by atoms with Crippen molar-refractivity contribution in [3.8, 4) is 11.1 Å². The molecule has 5 atom stereocenters. The fourth-order valence-corrected chi connectivity index (χ4v) is 14.4. The lowest BCUT2D eigenvalue weighted by molar-refractivity contribution is -0.0316. The number of hydrogen-bond donors (Lipinski definition) is 0. The molecule has 11 rings (SSSR count). The van der Waals surface area contributed by atoms with Crippen LogP contribution in [0.15, 0.2) is 71.3 Å². The molecule has 5 unspecified atom stereocenters. The van der Waals surface area contributed by atoms with Crippen molar-refractivity contribution in [3.05, 3.63) is 93.6 Å². The van der Waals surface area contributed by atoms with Gasteiger partial charge >= 0.3 is 0 Å². The standard InChI is InChI=1S/C49H62/c1-28(2)49(45-37-13-11-34(46(3,4)5)20-40(37)41-21-35(47(6,7)8)12-14-38(41)45)27-43(39-19-29-9-10-33(39)18-29)42-22-36(23-44(42)49)48-24-30-15-31(25-48)17-32(16-30)26-48/h9-14,20-21,23,28-33,39,43,45H,15-19,22,24-27H2,1-8H3. The van der Waals surface area contributed by atoms with Crippen LogP contribution in [0.3, 0.4) is 0 Å². The van der Waals surface area contributed by atoms with E-state index in [2.05, 4.69) is 110 Å². The molecular formula is C49H62. The lowest BCUT2D eigenvalue weighted by atomic mass is 9.47. The van der Waals surface area contributed by atoms with Gasteiger partial charge in [-0.05, 0) is 167 Å². The van der Waals surface area contributed by atoms with Crippen LogP contribution < -0.4 is 0 Å². The second-order valence-corrected chi connectivity index (χ2v) is 21.5. The molecule has 0 heteroatoms. The van der Waals surface area contributed by atoms with E-state index >= 15 is 0 Å². The molecule has 5 fully saturated rings. The maximum absolute atomic E-state index is 2.95. The second kappa shape index (κ2) is 10.2. The first-order chi connectivity index (χ1) is 23.2. The summed E-state index contributed by atoms with van der Waals surface area (Å²) in [5, 5.41) is 0. The van der Waals surface area contributed by atoms with Crippen LogP contribution in [0.4, 0.5) is 0 Å². The van der Waals surface area contributed by atoms with Crippen molar-refractivity contribution < 1.29 is 0 Å². The van der Waals surface area contributed by atoms with Crippen molar-refractivity contribution in [2.24, 2.45) is 58.2 Å². The molecule has 0 nitrogen and oxygen atoms in total. The summed E-state index contributed by atoms with van der Waals surface area (Å²) in [4.78, 5) is 0. The Hall–Kier alpha value is -2.34. The monoisotopic (exact) mass is 650 g/mol. The first kappa shape index (κ1) is 31.4. The van der Waals surface area contributed by atoms with Gasteiger partial charge in [-0.2, -0.15) is 0 Å². The molecule has 5 saturated carbocycles. The summed E-state index contributed by atoms with van der Waals surface area (Å²) in [5.74, 6) is 7.26. The maximum atomic E-state index is 2.95. The molecule has 0 spiro atoms. The fourth-order valence-electron chi connectivity index (χ4n) is 14.4. The highest BCUT2D eigenvalue weighted by molar-refractivity contribution is 5.82. The largest absolute Gasteiger partial charge is 0.0851 e. The van der Waals surface area contributed by atoms with Gasteiger partial charge in [0.15, 0.2) is 0 Å². The summed E-state index contributed by atoms with van der Waals surface area (Å²) < 4.78 is 0. The Morgan fingerprint density at radius 2 is 1.24 bits per heavy atom. The highest BCUT2D eigenvalue weighted by Gasteiger charge is 2.61. The maximum Gasteiger partial charge on any atom is 0.0201 e. The zero-order valence-corrected chi connectivity index (χ0v) is 32.0. The molecule has 258 valence electrons. The summed E-state index contributed by atoms with van der Waals surface area (Å²) in [6.45, 7) is 19.6. The minimum absolute atomic E-state index is 0.134.